The van der Waals surface area contributed by atoms with Crippen molar-refractivity contribution >= 4 is 33.8 Å². The van der Waals surface area contributed by atoms with Gasteiger partial charge >= 0.3 is 0 Å². The van der Waals surface area contributed by atoms with Crippen molar-refractivity contribution in [3.63, 3.8) is 0 Å². The van der Waals surface area contributed by atoms with Crippen LogP contribution in [-0.4, -0.2) is 37.9 Å². The number of nitrogens with two attached hydrogens (primary N) is 1. The number of hydrogen-bond acceptors (Lipinski definition) is 4. The van der Waals surface area contributed by atoms with E-state index in [4.69, 9.17) is 5.73 Å². The molecule has 0 unspecified atom stereocenters. The minimum absolute atomic E-state index is 0.0999. The summed E-state index contributed by atoms with van der Waals surface area (Å²) in [5.74, 6) is -0.626. The molecule has 1 aliphatic carbocycles. The first-order valence-electron chi connectivity index (χ1n) is 13.2. The van der Waals surface area contributed by atoms with Crippen LogP contribution in [-0.2, 0) is 6.42 Å². The Bertz CT molecular complexity index is 1530. The summed E-state index contributed by atoms with van der Waals surface area (Å²) >= 11 is 0. The van der Waals surface area contributed by atoms with Crippen LogP contribution in [0.15, 0.2) is 72.8 Å². The fourth-order valence-electron chi connectivity index (χ4n) is 6.04. The van der Waals surface area contributed by atoms with Gasteiger partial charge in [-0.15, -0.1) is 0 Å². The zero-order valence-electron chi connectivity index (χ0n) is 21.2. The van der Waals surface area contributed by atoms with Crippen LogP contribution >= 0.6 is 0 Å². The molecule has 0 spiro atoms. The van der Waals surface area contributed by atoms with Crippen molar-refractivity contribution in [2.75, 3.05) is 36.0 Å². The Labute approximate surface area is 217 Å². The van der Waals surface area contributed by atoms with Gasteiger partial charge in [0, 0.05) is 48.4 Å². The molecular weight excluding hydrogens is 458 g/mol. The van der Waals surface area contributed by atoms with Crippen LogP contribution in [0.3, 0.4) is 0 Å². The molecule has 1 fully saturated rings. The third-order valence-electron chi connectivity index (χ3n) is 7.82. The molecule has 0 aromatic heterocycles. The summed E-state index contributed by atoms with van der Waals surface area (Å²) in [5.41, 5.74) is 12.5. The fourth-order valence-corrected chi connectivity index (χ4v) is 6.04. The molecule has 5 heteroatoms. The lowest BCUT2D eigenvalue weighted by Crippen LogP contribution is -2.47. The Hall–Kier alpha value is -4.12. The molecule has 0 atom stereocenters. The van der Waals surface area contributed by atoms with Crippen molar-refractivity contribution in [3.05, 3.63) is 95.1 Å². The van der Waals surface area contributed by atoms with E-state index in [1.54, 1.807) is 0 Å². The van der Waals surface area contributed by atoms with Gasteiger partial charge < -0.3 is 15.5 Å². The summed E-state index contributed by atoms with van der Waals surface area (Å²) in [6.07, 6.45) is 2.90. The molecule has 1 heterocycles. The van der Waals surface area contributed by atoms with Crippen molar-refractivity contribution in [2.24, 2.45) is 5.73 Å². The minimum Gasteiger partial charge on any atom is -0.367 e. The summed E-state index contributed by atoms with van der Waals surface area (Å²) in [6.45, 7) is 5.32. The van der Waals surface area contributed by atoms with Gasteiger partial charge in [-0.25, -0.2) is 0 Å². The number of piperazine rings is 1. The molecule has 5 nitrogen and oxygen atoms in total. The molecule has 186 valence electrons. The number of carbonyl (C=O) groups excluding carboxylic acids is 2. The number of unbranched alkanes of at least 4 members (excludes halogenated alkanes) is 1. The lowest BCUT2D eigenvalue weighted by atomic mass is 9.91. The van der Waals surface area contributed by atoms with Gasteiger partial charge in [0.15, 0.2) is 5.78 Å². The highest BCUT2D eigenvalue weighted by Gasteiger charge is 2.35. The summed E-state index contributed by atoms with van der Waals surface area (Å²) in [7, 11) is 0. The van der Waals surface area contributed by atoms with E-state index < -0.39 is 5.91 Å². The highest BCUT2D eigenvalue weighted by Crippen LogP contribution is 2.44. The predicted molar refractivity (Wildman–Crippen MR) is 151 cm³/mol. The number of benzene rings is 4. The zero-order chi connectivity index (χ0) is 25.5. The van der Waals surface area contributed by atoms with Gasteiger partial charge in [-0.3, -0.25) is 9.59 Å². The maximum absolute atomic E-state index is 13.5. The fraction of sp³-hybridized carbons (Fsp3) is 0.250. The third-order valence-corrected chi connectivity index (χ3v) is 7.82. The van der Waals surface area contributed by atoms with Crippen LogP contribution in [0.2, 0.25) is 0 Å². The van der Waals surface area contributed by atoms with E-state index in [0.29, 0.717) is 16.7 Å². The molecule has 6 rings (SSSR count). The second-order valence-electron chi connectivity index (χ2n) is 10.00. The van der Waals surface area contributed by atoms with Crippen LogP contribution in [0, 0.1) is 0 Å². The number of anilines is 2. The number of aryl methyl sites for hydroxylation is 1. The summed E-state index contributed by atoms with van der Waals surface area (Å²) in [5, 5.41) is 2.48. The highest BCUT2D eigenvalue weighted by molar-refractivity contribution is 6.27. The lowest BCUT2D eigenvalue weighted by Gasteiger charge is -2.39. The smallest absolute Gasteiger partial charge is 0.251 e. The van der Waals surface area contributed by atoms with Gasteiger partial charge in [-0.1, -0.05) is 74.0 Å². The zero-order valence-corrected chi connectivity index (χ0v) is 21.2. The number of nitrogens with zero attached hydrogens (tertiary/aromatic N) is 2. The van der Waals surface area contributed by atoms with Gasteiger partial charge in [-0.2, -0.15) is 0 Å². The van der Waals surface area contributed by atoms with E-state index in [0.717, 1.165) is 67.8 Å². The predicted octanol–water partition coefficient (Wildman–Crippen LogP) is 5.82. The van der Waals surface area contributed by atoms with Crippen molar-refractivity contribution < 1.29 is 9.59 Å². The largest absolute Gasteiger partial charge is 0.367 e. The van der Waals surface area contributed by atoms with Crippen LogP contribution in [0.25, 0.3) is 21.9 Å². The first-order chi connectivity index (χ1) is 18.1. The van der Waals surface area contributed by atoms with E-state index in [9.17, 15) is 9.59 Å². The number of rotatable bonds is 6. The summed E-state index contributed by atoms with van der Waals surface area (Å²) in [4.78, 5) is 31.2. The standard InChI is InChI=1S/C32H31N3O2/c1-2-3-9-22-20-26-24-13-6-7-14-25(24)31(36)28(26)29(32(33)37)30(22)35-18-16-34(17-19-35)27-15-8-11-21-10-4-5-12-23(21)27/h4-8,10-15,20H,2-3,9,16-19H2,1H3,(H2,33,37). The molecule has 1 saturated heterocycles. The van der Waals surface area contributed by atoms with Crippen molar-refractivity contribution in [1.29, 1.82) is 0 Å². The Morgan fingerprint density at radius 3 is 2.27 bits per heavy atom. The van der Waals surface area contributed by atoms with E-state index in [1.807, 2.05) is 24.3 Å². The van der Waals surface area contributed by atoms with Gasteiger partial charge in [-0.05, 0) is 47.1 Å². The van der Waals surface area contributed by atoms with E-state index in [-0.39, 0.29) is 5.78 Å². The SMILES string of the molecule is CCCCc1cc2c(c(C(N)=O)c1N1CCN(c3cccc4ccccc34)CC1)C(=O)c1ccccc1-2. The number of primary amides is 1. The van der Waals surface area contributed by atoms with Gasteiger partial charge in [0.05, 0.1) is 11.3 Å². The third kappa shape index (κ3) is 3.86. The molecule has 4 aromatic carbocycles. The normalized spacial score (nSPS) is 14.7. The Balaban J connectivity index is 1.40. The Morgan fingerprint density at radius 2 is 1.51 bits per heavy atom. The second kappa shape index (κ2) is 9.40. The first-order valence-corrected chi connectivity index (χ1v) is 13.2. The monoisotopic (exact) mass is 489 g/mol. The average Bonchev–Trinajstić information content (AvgIpc) is 3.22. The van der Waals surface area contributed by atoms with E-state index >= 15 is 0 Å². The van der Waals surface area contributed by atoms with Crippen molar-refractivity contribution in [2.45, 2.75) is 26.2 Å². The molecule has 0 radical (unpaired) electrons. The quantitative estimate of drug-likeness (QED) is 0.326. The van der Waals surface area contributed by atoms with Crippen LogP contribution < -0.4 is 15.5 Å². The molecule has 1 aliphatic heterocycles. The summed E-state index contributed by atoms with van der Waals surface area (Å²) in [6, 6.07) is 24.7. The topological polar surface area (TPSA) is 66.6 Å². The van der Waals surface area contributed by atoms with Gasteiger partial charge in [0.25, 0.3) is 5.91 Å². The Kier molecular flexibility index (Phi) is 5.91. The molecule has 1 amide bonds. The van der Waals surface area contributed by atoms with Crippen LogP contribution in [0.5, 0.6) is 0 Å². The average molecular weight is 490 g/mol. The number of hydrogen-bond donors (Lipinski definition) is 1. The Morgan fingerprint density at radius 1 is 0.838 bits per heavy atom. The maximum Gasteiger partial charge on any atom is 0.251 e. The number of amides is 1. The molecular formula is C32H31N3O2. The van der Waals surface area contributed by atoms with Gasteiger partial charge in [0.2, 0.25) is 0 Å². The maximum atomic E-state index is 13.5. The molecule has 4 aromatic rings. The molecule has 0 bridgehead atoms. The highest BCUT2D eigenvalue weighted by atomic mass is 16.1. The first kappa shape index (κ1) is 23.3. The van der Waals surface area contributed by atoms with Crippen LogP contribution in [0.4, 0.5) is 11.4 Å². The second-order valence-corrected chi connectivity index (χ2v) is 10.00. The van der Waals surface area contributed by atoms with Gasteiger partial charge in [0.1, 0.15) is 0 Å². The van der Waals surface area contributed by atoms with Crippen molar-refractivity contribution in [3.8, 4) is 11.1 Å². The lowest BCUT2D eigenvalue weighted by molar-refractivity contribution is 0.0983. The molecule has 2 aliphatic rings. The number of carbonyl (C=O) groups is 2. The van der Waals surface area contributed by atoms with E-state index in [2.05, 4.69) is 65.3 Å². The molecule has 0 saturated carbocycles. The van der Waals surface area contributed by atoms with Crippen LogP contribution in [0.1, 0.15) is 51.6 Å². The van der Waals surface area contributed by atoms with E-state index in [1.165, 1.54) is 16.5 Å². The molecule has 37 heavy (non-hydrogen) atoms. The minimum atomic E-state index is -0.526. The van der Waals surface area contributed by atoms with Crippen molar-refractivity contribution in [1.82, 2.24) is 0 Å². The number of ketones is 1. The summed E-state index contributed by atoms with van der Waals surface area (Å²) < 4.78 is 0. The number of fused-ring (bicyclic) bond motifs is 4. The molecule has 2 N–H and O–H groups in total.